The van der Waals surface area contributed by atoms with Crippen LogP contribution in [0.3, 0.4) is 0 Å². The van der Waals surface area contributed by atoms with E-state index in [0.717, 1.165) is 40.8 Å². The van der Waals surface area contributed by atoms with Crippen LogP contribution in [-0.4, -0.2) is 104 Å². The lowest BCUT2D eigenvalue weighted by molar-refractivity contribution is 0.280. The fourth-order valence-corrected chi connectivity index (χ4v) is 5.91. The first-order valence-corrected chi connectivity index (χ1v) is 17.5. The first-order chi connectivity index (χ1) is 26.3. The smallest absolute Gasteiger partial charge is 0.319 e. The zero-order chi connectivity index (χ0) is 38.6. The first-order valence-electron chi connectivity index (χ1n) is 17.5. The highest BCUT2D eigenvalue weighted by Crippen LogP contribution is 2.34. The summed E-state index contributed by atoms with van der Waals surface area (Å²) in [5.74, 6) is 1.90. The average Bonchev–Trinajstić information content (AvgIpc) is 3.74. The molecule has 0 aliphatic rings. The number of ether oxygens (including phenoxy) is 4. The Kier molecular flexibility index (Phi) is 13.4. The Morgan fingerprint density at radius 2 is 1.15 bits per heavy atom. The number of aryl methyl sites for hydroxylation is 2. The standard InChI is InChI=1S/C20H28N6O3.C16H20N6O3/c1-5-25(6-2)16-10-7-9-14-17(16)26(11-8-12-27)19(22-14)23-15-13-21-20(29-4)24-18(15)28-3;1-24-14-12(9-18-16(21-14)25-2)20-15-19-11-6-3-5-10(17)13(11)22(15)7-4-8-23/h7,9-10,13,27H,5-6,8,11-12H2,1-4H3,(H,22,23);3,5-6,9,23H,4,7-8,17H2,1-2H3,(H,19,20). The maximum Gasteiger partial charge on any atom is 0.319 e. The zero-order valence-electron chi connectivity index (χ0n) is 31.4. The highest BCUT2D eigenvalue weighted by Gasteiger charge is 2.19. The van der Waals surface area contributed by atoms with E-state index >= 15 is 0 Å². The van der Waals surface area contributed by atoms with E-state index in [1.165, 1.54) is 21.3 Å². The molecule has 0 radical (unpaired) electrons. The van der Waals surface area contributed by atoms with Crippen molar-refractivity contribution in [3.8, 4) is 23.8 Å². The van der Waals surface area contributed by atoms with Gasteiger partial charge in [-0.3, -0.25) is 0 Å². The van der Waals surface area contributed by atoms with Crippen molar-refractivity contribution in [3.63, 3.8) is 0 Å². The van der Waals surface area contributed by atoms with Crippen LogP contribution in [0, 0.1) is 0 Å². The number of nitrogens with one attached hydrogen (secondary N) is 2. The highest BCUT2D eigenvalue weighted by molar-refractivity contribution is 5.92. The second-order valence-corrected chi connectivity index (χ2v) is 11.7. The minimum atomic E-state index is 0.0703. The van der Waals surface area contributed by atoms with Crippen molar-refractivity contribution < 1.29 is 29.2 Å². The number of nitrogens with two attached hydrogens (primary N) is 1. The Morgan fingerprint density at radius 3 is 1.61 bits per heavy atom. The Hall–Kier alpha value is -6.14. The number of aliphatic hydroxyl groups is 2. The third-order valence-corrected chi connectivity index (χ3v) is 8.44. The van der Waals surface area contributed by atoms with Gasteiger partial charge in [-0.15, -0.1) is 0 Å². The van der Waals surface area contributed by atoms with Crippen LogP contribution in [0.1, 0.15) is 26.7 Å². The molecule has 6 N–H and O–H groups in total. The van der Waals surface area contributed by atoms with E-state index in [1.54, 1.807) is 19.5 Å². The molecule has 0 fully saturated rings. The number of para-hydroxylation sites is 2. The normalized spacial score (nSPS) is 10.9. The van der Waals surface area contributed by atoms with E-state index in [0.29, 0.717) is 66.6 Å². The molecule has 54 heavy (non-hydrogen) atoms. The number of hydrogen-bond acceptors (Lipinski definition) is 16. The van der Waals surface area contributed by atoms with Crippen LogP contribution < -0.4 is 40.2 Å². The summed E-state index contributed by atoms with van der Waals surface area (Å²) in [6.07, 6.45) is 4.35. The van der Waals surface area contributed by atoms with Gasteiger partial charge in [-0.05, 0) is 51.0 Å². The minimum Gasteiger partial charge on any atom is -0.479 e. The van der Waals surface area contributed by atoms with E-state index < -0.39 is 0 Å². The number of anilines is 6. The van der Waals surface area contributed by atoms with Gasteiger partial charge in [0.15, 0.2) is 0 Å². The van der Waals surface area contributed by atoms with Gasteiger partial charge in [0, 0.05) is 39.4 Å². The molecule has 6 rings (SSSR count). The van der Waals surface area contributed by atoms with Crippen molar-refractivity contribution in [2.24, 2.45) is 0 Å². The molecule has 0 unspecified atom stereocenters. The van der Waals surface area contributed by atoms with Crippen LogP contribution in [0.5, 0.6) is 23.8 Å². The van der Waals surface area contributed by atoms with Crippen LogP contribution in [0.25, 0.3) is 22.1 Å². The zero-order valence-corrected chi connectivity index (χ0v) is 31.4. The number of methoxy groups -OCH3 is 4. The second kappa shape index (κ2) is 18.6. The topological polar surface area (TPSA) is 218 Å². The molecular formula is C36H48N12O6. The quantitative estimate of drug-likeness (QED) is 0.0819. The number of aromatic nitrogens is 8. The van der Waals surface area contributed by atoms with Gasteiger partial charge < -0.3 is 59.6 Å². The van der Waals surface area contributed by atoms with Crippen molar-refractivity contribution in [1.82, 2.24) is 39.0 Å². The summed E-state index contributed by atoms with van der Waals surface area (Å²) in [7, 11) is 6.05. The second-order valence-electron chi connectivity index (χ2n) is 11.7. The highest BCUT2D eigenvalue weighted by atomic mass is 16.5. The number of imidazole rings is 2. The van der Waals surface area contributed by atoms with Crippen molar-refractivity contribution in [3.05, 3.63) is 48.8 Å². The van der Waals surface area contributed by atoms with Gasteiger partial charge in [0.2, 0.25) is 23.7 Å². The van der Waals surface area contributed by atoms with Gasteiger partial charge in [-0.2, -0.15) is 9.97 Å². The molecule has 18 heteroatoms. The Balaban J connectivity index is 0.000000210. The fourth-order valence-electron chi connectivity index (χ4n) is 5.91. The van der Waals surface area contributed by atoms with Crippen LogP contribution in [0.4, 0.5) is 34.6 Å². The average molecular weight is 745 g/mol. The molecule has 0 aliphatic heterocycles. The lowest BCUT2D eigenvalue weighted by Crippen LogP contribution is -2.22. The number of benzene rings is 2. The Morgan fingerprint density at radius 1 is 0.667 bits per heavy atom. The summed E-state index contributed by atoms with van der Waals surface area (Å²) in [6, 6.07) is 12.1. The van der Waals surface area contributed by atoms with Crippen molar-refractivity contribution in [2.75, 3.05) is 76.0 Å². The van der Waals surface area contributed by atoms with Crippen LogP contribution in [-0.2, 0) is 13.1 Å². The SMILES string of the molecule is CCN(CC)c1cccc2nc(Nc3cnc(OC)nc3OC)n(CCCO)c12.COc1ncc(Nc2nc3cccc(N)c3n2CCCO)c(OC)n1. The number of nitrogen functional groups attached to an aromatic ring is 1. The molecule has 0 bridgehead atoms. The number of rotatable bonds is 17. The van der Waals surface area contributed by atoms with E-state index in [9.17, 15) is 10.2 Å². The molecule has 2 aromatic carbocycles. The van der Waals surface area contributed by atoms with E-state index in [2.05, 4.69) is 64.9 Å². The molecule has 288 valence electrons. The van der Waals surface area contributed by atoms with Crippen molar-refractivity contribution in [1.29, 1.82) is 0 Å². The molecule has 0 aliphatic carbocycles. The monoisotopic (exact) mass is 744 g/mol. The maximum atomic E-state index is 9.41. The summed E-state index contributed by atoms with van der Waals surface area (Å²) in [5, 5.41) is 25.1. The van der Waals surface area contributed by atoms with Crippen LogP contribution >= 0.6 is 0 Å². The molecule has 0 saturated carbocycles. The number of nitrogens with zero attached hydrogens (tertiary/aromatic N) is 9. The van der Waals surface area contributed by atoms with E-state index in [4.69, 9.17) is 29.7 Å². The Bertz CT molecular complexity index is 2140. The predicted molar refractivity (Wildman–Crippen MR) is 208 cm³/mol. The minimum absolute atomic E-state index is 0.0703. The molecule has 18 nitrogen and oxygen atoms in total. The van der Waals surface area contributed by atoms with E-state index in [-0.39, 0.29) is 25.2 Å². The molecule has 0 atom stereocenters. The maximum absolute atomic E-state index is 9.41. The van der Waals surface area contributed by atoms with Crippen molar-refractivity contribution in [2.45, 2.75) is 39.8 Å². The molecule has 4 heterocycles. The van der Waals surface area contributed by atoms with Gasteiger partial charge in [-0.1, -0.05) is 12.1 Å². The number of hydrogen-bond donors (Lipinski definition) is 5. The van der Waals surface area contributed by atoms with Gasteiger partial charge in [0.25, 0.3) is 0 Å². The first kappa shape index (κ1) is 39.1. The molecule has 6 aromatic rings. The summed E-state index contributed by atoms with van der Waals surface area (Å²) >= 11 is 0. The van der Waals surface area contributed by atoms with Crippen molar-refractivity contribution >= 4 is 56.7 Å². The molecular weight excluding hydrogens is 696 g/mol. The molecule has 4 aromatic heterocycles. The van der Waals surface area contributed by atoms with Gasteiger partial charge >= 0.3 is 12.0 Å². The van der Waals surface area contributed by atoms with Crippen LogP contribution in [0.15, 0.2) is 48.8 Å². The number of aliphatic hydroxyl groups excluding tert-OH is 2. The summed E-state index contributed by atoms with van der Waals surface area (Å²) in [4.78, 5) is 28.3. The number of fused-ring (bicyclic) bond motifs is 2. The van der Waals surface area contributed by atoms with E-state index in [1.807, 2.05) is 34.9 Å². The molecule has 0 spiro atoms. The lowest BCUT2D eigenvalue weighted by atomic mass is 10.2. The van der Waals surface area contributed by atoms with Gasteiger partial charge in [0.05, 0.1) is 74.3 Å². The fraction of sp³-hybridized carbons (Fsp3) is 0.389. The molecule has 0 amide bonds. The third kappa shape index (κ3) is 8.56. The van der Waals surface area contributed by atoms with Gasteiger partial charge in [0.1, 0.15) is 11.4 Å². The third-order valence-electron chi connectivity index (χ3n) is 8.44. The Labute approximate surface area is 312 Å². The predicted octanol–water partition coefficient (Wildman–Crippen LogP) is 4.37. The lowest BCUT2D eigenvalue weighted by Gasteiger charge is -2.23. The largest absolute Gasteiger partial charge is 0.479 e. The van der Waals surface area contributed by atoms with Gasteiger partial charge in [-0.25, -0.2) is 19.9 Å². The molecule has 0 saturated heterocycles. The summed E-state index contributed by atoms with van der Waals surface area (Å²) < 4.78 is 24.7. The summed E-state index contributed by atoms with van der Waals surface area (Å²) in [6.45, 7) is 7.40. The van der Waals surface area contributed by atoms with Crippen LogP contribution in [0.2, 0.25) is 0 Å². The summed E-state index contributed by atoms with van der Waals surface area (Å²) in [5.41, 5.74) is 12.4.